The quantitative estimate of drug-likeness (QED) is 0.413. The Morgan fingerprint density at radius 1 is 0.914 bits per heavy atom. The lowest BCUT2D eigenvalue weighted by Gasteiger charge is -2.34. The normalized spacial score (nSPS) is 14.3. The predicted molar refractivity (Wildman–Crippen MR) is 137 cm³/mol. The molecule has 6 nitrogen and oxygen atoms in total. The highest BCUT2D eigenvalue weighted by Gasteiger charge is 2.30. The summed E-state index contributed by atoms with van der Waals surface area (Å²) in [4.78, 5) is 15.2. The lowest BCUT2D eigenvalue weighted by Crippen LogP contribution is -2.39. The second-order valence-electron chi connectivity index (χ2n) is 9.21. The van der Waals surface area contributed by atoms with Crippen LogP contribution in [0.1, 0.15) is 29.9 Å². The van der Waals surface area contributed by atoms with Gasteiger partial charge in [0.15, 0.2) is 5.82 Å². The second kappa shape index (κ2) is 9.41. The molecular formula is C28H30FN5O. The van der Waals surface area contributed by atoms with Crippen molar-refractivity contribution < 1.29 is 9.18 Å². The first-order valence-electron chi connectivity index (χ1n) is 12.0. The van der Waals surface area contributed by atoms with Crippen molar-refractivity contribution in [2.45, 2.75) is 33.6 Å². The number of nitrogens with one attached hydrogen (secondary N) is 1. The van der Waals surface area contributed by atoms with E-state index in [4.69, 9.17) is 5.10 Å². The topological polar surface area (TPSA) is 55.1 Å². The predicted octanol–water partition coefficient (Wildman–Crippen LogP) is 5.58. The molecule has 180 valence electrons. The maximum absolute atomic E-state index is 13.2. The van der Waals surface area contributed by atoms with Gasteiger partial charge in [-0.2, -0.15) is 5.10 Å². The molecule has 1 aliphatic heterocycles. The molecule has 0 saturated carbocycles. The van der Waals surface area contributed by atoms with E-state index < -0.39 is 0 Å². The minimum absolute atomic E-state index is 0.0127. The number of benzene rings is 2. The van der Waals surface area contributed by atoms with Gasteiger partial charge < -0.3 is 14.8 Å². The van der Waals surface area contributed by atoms with Gasteiger partial charge in [-0.3, -0.25) is 4.79 Å². The molecule has 4 aromatic rings. The Balaban J connectivity index is 1.44. The lowest BCUT2D eigenvalue weighted by atomic mass is 9.95. The summed E-state index contributed by atoms with van der Waals surface area (Å²) in [5.41, 5.74) is 6.00. The van der Waals surface area contributed by atoms with Gasteiger partial charge in [0.2, 0.25) is 5.91 Å². The van der Waals surface area contributed by atoms with Crippen molar-refractivity contribution in [3.05, 3.63) is 89.6 Å². The molecule has 0 aliphatic carbocycles. The summed E-state index contributed by atoms with van der Waals surface area (Å²) in [6, 6.07) is 20.4. The number of hydrogen-bond donors (Lipinski definition) is 1. The van der Waals surface area contributed by atoms with Crippen LogP contribution in [-0.2, 0) is 4.79 Å². The Bertz CT molecular complexity index is 1310. The highest BCUT2D eigenvalue weighted by atomic mass is 19.1. The number of carbonyl (C=O) groups excluding carboxylic acids is 1. The van der Waals surface area contributed by atoms with Crippen molar-refractivity contribution in [3.8, 4) is 11.4 Å². The first-order valence-corrected chi connectivity index (χ1v) is 12.0. The zero-order valence-corrected chi connectivity index (χ0v) is 20.3. The number of para-hydroxylation sites is 1. The van der Waals surface area contributed by atoms with E-state index in [0.717, 1.165) is 60.2 Å². The largest absolute Gasteiger partial charge is 0.355 e. The van der Waals surface area contributed by atoms with Crippen LogP contribution in [0.5, 0.6) is 0 Å². The van der Waals surface area contributed by atoms with E-state index in [-0.39, 0.29) is 17.6 Å². The van der Waals surface area contributed by atoms with Crippen LogP contribution < -0.4 is 10.2 Å². The number of anilines is 2. The molecular weight excluding hydrogens is 441 g/mol. The van der Waals surface area contributed by atoms with Gasteiger partial charge in [0, 0.05) is 36.1 Å². The monoisotopic (exact) mass is 471 g/mol. The van der Waals surface area contributed by atoms with Gasteiger partial charge in [-0.05, 0) is 82.1 Å². The van der Waals surface area contributed by atoms with Crippen molar-refractivity contribution in [3.63, 3.8) is 0 Å². The molecule has 35 heavy (non-hydrogen) atoms. The third-order valence-corrected chi connectivity index (χ3v) is 6.78. The van der Waals surface area contributed by atoms with Gasteiger partial charge in [-0.25, -0.2) is 9.07 Å². The van der Waals surface area contributed by atoms with E-state index in [0.29, 0.717) is 5.69 Å². The van der Waals surface area contributed by atoms with Crippen molar-refractivity contribution in [1.82, 2.24) is 14.3 Å². The summed E-state index contributed by atoms with van der Waals surface area (Å²) in [6.07, 6.45) is 1.46. The van der Waals surface area contributed by atoms with Crippen LogP contribution in [0, 0.1) is 32.5 Å². The Morgan fingerprint density at radius 2 is 1.54 bits per heavy atom. The minimum Gasteiger partial charge on any atom is -0.355 e. The maximum atomic E-state index is 13.2. The molecule has 0 atom stereocenters. The number of aryl methyl sites for hydroxylation is 3. The van der Waals surface area contributed by atoms with E-state index in [1.807, 2.05) is 22.9 Å². The number of amides is 1. The van der Waals surface area contributed by atoms with E-state index in [1.165, 1.54) is 12.1 Å². The van der Waals surface area contributed by atoms with Crippen LogP contribution in [0.4, 0.5) is 15.9 Å². The van der Waals surface area contributed by atoms with Gasteiger partial charge in [0.1, 0.15) is 11.5 Å². The van der Waals surface area contributed by atoms with E-state index in [9.17, 15) is 9.18 Å². The molecule has 3 heterocycles. The van der Waals surface area contributed by atoms with E-state index in [1.54, 1.807) is 12.1 Å². The lowest BCUT2D eigenvalue weighted by molar-refractivity contribution is -0.120. The zero-order chi connectivity index (χ0) is 24.5. The molecule has 1 aliphatic rings. The van der Waals surface area contributed by atoms with Gasteiger partial charge in [-0.15, -0.1) is 0 Å². The summed E-state index contributed by atoms with van der Waals surface area (Å²) in [7, 11) is 0. The number of piperidine rings is 1. The summed E-state index contributed by atoms with van der Waals surface area (Å²) >= 11 is 0. The fourth-order valence-electron chi connectivity index (χ4n) is 4.95. The van der Waals surface area contributed by atoms with Gasteiger partial charge in [0.05, 0.1) is 11.4 Å². The third kappa shape index (κ3) is 4.46. The zero-order valence-electron chi connectivity index (χ0n) is 20.3. The van der Waals surface area contributed by atoms with Crippen molar-refractivity contribution in [2.24, 2.45) is 5.92 Å². The number of halogens is 1. The van der Waals surface area contributed by atoms with Gasteiger partial charge >= 0.3 is 0 Å². The first kappa shape index (κ1) is 22.9. The molecule has 5 rings (SSSR count). The Labute approximate surface area is 205 Å². The standard InChI is InChI=1S/C28H30FN5O/c1-19-9-10-20(2)33(19)26-21(3)31-34(25-7-5-4-6-8-25)28(26)32-17-15-22(16-18-32)27(35)30-24-13-11-23(29)12-14-24/h4-14,22H,15-18H2,1-3H3,(H,30,35). The minimum atomic E-state index is -0.314. The van der Waals surface area contributed by atoms with Crippen LogP contribution in [0.2, 0.25) is 0 Å². The fourth-order valence-corrected chi connectivity index (χ4v) is 4.95. The van der Waals surface area contributed by atoms with Crippen LogP contribution in [0.3, 0.4) is 0 Å². The summed E-state index contributed by atoms with van der Waals surface area (Å²) in [6.45, 7) is 7.77. The van der Waals surface area contributed by atoms with Crippen molar-refractivity contribution >= 4 is 17.4 Å². The summed E-state index contributed by atoms with van der Waals surface area (Å²) in [5, 5.41) is 7.89. The molecule has 2 aromatic carbocycles. The average molecular weight is 472 g/mol. The number of nitrogens with zero attached hydrogens (tertiary/aromatic N) is 4. The van der Waals surface area contributed by atoms with Gasteiger partial charge in [0.25, 0.3) is 0 Å². The van der Waals surface area contributed by atoms with Gasteiger partial charge in [-0.1, -0.05) is 18.2 Å². The fraction of sp³-hybridized carbons (Fsp3) is 0.286. The van der Waals surface area contributed by atoms with Crippen LogP contribution >= 0.6 is 0 Å². The van der Waals surface area contributed by atoms with Crippen LogP contribution in [-0.4, -0.2) is 33.3 Å². The number of aromatic nitrogens is 3. The molecule has 1 amide bonds. The highest BCUT2D eigenvalue weighted by molar-refractivity contribution is 5.92. The molecule has 1 saturated heterocycles. The molecule has 7 heteroatoms. The van der Waals surface area contributed by atoms with E-state index >= 15 is 0 Å². The Kier molecular flexibility index (Phi) is 6.16. The number of hydrogen-bond acceptors (Lipinski definition) is 3. The molecule has 1 N–H and O–H groups in total. The molecule has 0 bridgehead atoms. The van der Waals surface area contributed by atoms with Crippen molar-refractivity contribution in [1.29, 1.82) is 0 Å². The molecule has 0 unspecified atom stereocenters. The first-order chi connectivity index (χ1) is 16.9. The second-order valence-corrected chi connectivity index (χ2v) is 9.21. The summed E-state index contributed by atoms with van der Waals surface area (Å²) in [5.74, 6) is 0.629. The SMILES string of the molecule is Cc1nn(-c2ccccc2)c(N2CCC(C(=O)Nc3ccc(F)cc3)CC2)c1-n1c(C)ccc1C. The Morgan fingerprint density at radius 3 is 2.17 bits per heavy atom. The smallest absolute Gasteiger partial charge is 0.227 e. The van der Waals surface area contributed by atoms with Crippen LogP contribution in [0.25, 0.3) is 11.4 Å². The maximum Gasteiger partial charge on any atom is 0.227 e. The van der Waals surface area contributed by atoms with E-state index in [2.05, 4.69) is 59.8 Å². The number of rotatable bonds is 5. The number of carbonyl (C=O) groups is 1. The third-order valence-electron chi connectivity index (χ3n) is 6.78. The Hall–Kier alpha value is -3.87. The van der Waals surface area contributed by atoms with Crippen molar-refractivity contribution in [2.75, 3.05) is 23.3 Å². The van der Waals surface area contributed by atoms with Crippen LogP contribution in [0.15, 0.2) is 66.7 Å². The molecule has 1 fully saturated rings. The summed E-state index contributed by atoms with van der Waals surface area (Å²) < 4.78 is 17.5. The average Bonchev–Trinajstić information content (AvgIpc) is 3.38. The molecule has 0 radical (unpaired) electrons. The molecule has 0 spiro atoms. The molecule has 2 aromatic heterocycles. The highest BCUT2D eigenvalue weighted by Crippen LogP contribution is 2.35.